The molecular formula is C20H16F2N6O3. The number of carbonyl (C=O) groups is 1. The zero-order valence-corrected chi connectivity index (χ0v) is 16.2. The van der Waals surface area contributed by atoms with Crippen molar-refractivity contribution in [2.45, 2.75) is 20.0 Å². The van der Waals surface area contributed by atoms with Crippen molar-refractivity contribution in [2.24, 2.45) is 0 Å². The molecule has 0 saturated carbocycles. The first-order valence-corrected chi connectivity index (χ1v) is 9.17. The van der Waals surface area contributed by atoms with E-state index in [0.29, 0.717) is 5.56 Å². The molecule has 4 rings (SSSR count). The molecule has 31 heavy (non-hydrogen) atoms. The first kappa shape index (κ1) is 20.1. The lowest BCUT2D eigenvalue weighted by Crippen LogP contribution is -2.10. The average Bonchev–Trinajstić information content (AvgIpc) is 3.35. The van der Waals surface area contributed by atoms with E-state index in [1.165, 1.54) is 29.8 Å². The lowest BCUT2D eigenvalue weighted by atomic mass is 10.2. The molecule has 1 aromatic carbocycles. The summed E-state index contributed by atoms with van der Waals surface area (Å²) < 4.78 is 34.4. The number of Topliss-reactive ketones (excluding diaryl/α,β-unsaturated/α-hetero) is 1. The number of H-pyrrole nitrogens is 1. The third-order valence-corrected chi connectivity index (χ3v) is 4.40. The Bertz CT molecular complexity index is 1310. The van der Waals surface area contributed by atoms with E-state index in [4.69, 9.17) is 4.52 Å². The molecule has 0 aliphatic heterocycles. The average molecular weight is 426 g/mol. The largest absolute Gasteiger partial charge is 0.382 e. The van der Waals surface area contributed by atoms with E-state index in [-0.39, 0.29) is 47.7 Å². The Morgan fingerprint density at radius 2 is 2.03 bits per heavy atom. The highest BCUT2D eigenvalue weighted by Gasteiger charge is 2.18. The van der Waals surface area contributed by atoms with Crippen LogP contribution < -0.4 is 10.9 Å². The van der Waals surface area contributed by atoms with Crippen LogP contribution in [0.15, 0.2) is 51.9 Å². The van der Waals surface area contributed by atoms with Crippen LogP contribution >= 0.6 is 0 Å². The van der Waals surface area contributed by atoms with Crippen molar-refractivity contribution in [3.63, 3.8) is 0 Å². The van der Waals surface area contributed by atoms with E-state index in [0.717, 1.165) is 6.20 Å². The maximum Gasteiger partial charge on any atom is 0.280 e. The second-order valence-electron chi connectivity index (χ2n) is 6.64. The van der Waals surface area contributed by atoms with Gasteiger partial charge < -0.3 is 9.84 Å². The second kappa shape index (κ2) is 8.30. The molecule has 158 valence electrons. The van der Waals surface area contributed by atoms with Crippen LogP contribution in [0, 0.1) is 11.6 Å². The minimum atomic E-state index is -0.723. The molecule has 0 spiro atoms. The standard InChI is InChI=1S/C20H16F2N6O3/c1-11(29)17-7-16(26-28(17)10-12-4-2-3-5-14(12)21)20-24-9-15(22)19(25-20)23-8-13-6-18(30)27-31-13/h2-7,9H,8,10H2,1H3,(H,27,30)(H,23,24,25). The molecule has 4 aromatic rings. The van der Waals surface area contributed by atoms with E-state index in [9.17, 15) is 18.4 Å². The number of halogens is 2. The molecule has 0 fully saturated rings. The van der Waals surface area contributed by atoms with Gasteiger partial charge in [-0.15, -0.1) is 0 Å². The Labute approximate surface area is 173 Å². The van der Waals surface area contributed by atoms with Gasteiger partial charge in [0.05, 0.1) is 19.3 Å². The summed E-state index contributed by atoms with van der Waals surface area (Å²) in [4.78, 5) is 31.2. The normalized spacial score (nSPS) is 10.9. The summed E-state index contributed by atoms with van der Waals surface area (Å²) in [5.41, 5.74) is 0.389. The number of hydrogen-bond acceptors (Lipinski definition) is 7. The summed E-state index contributed by atoms with van der Waals surface area (Å²) in [6, 6.07) is 8.85. The maximum absolute atomic E-state index is 14.1. The molecular weight excluding hydrogens is 410 g/mol. The highest BCUT2D eigenvalue weighted by atomic mass is 19.1. The number of aromatic nitrogens is 5. The molecule has 0 unspecified atom stereocenters. The third kappa shape index (κ3) is 4.39. The van der Waals surface area contributed by atoms with Gasteiger partial charge >= 0.3 is 0 Å². The molecule has 0 aliphatic rings. The van der Waals surface area contributed by atoms with Crippen molar-refractivity contribution >= 4 is 11.6 Å². The quantitative estimate of drug-likeness (QED) is 0.436. The van der Waals surface area contributed by atoms with Gasteiger partial charge in [0, 0.05) is 18.6 Å². The minimum absolute atomic E-state index is 0.00648. The molecule has 3 heterocycles. The number of nitrogens with zero attached hydrogens (tertiary/aromatic N) is 4. The van der Waals surface area contributed by atoms with Gasteiger partial charge in [0.2, 0.25) is 0 Å². The van der Waals surface area contributed by atoms with Crippen LogP contribution in [0.1, 0.15) is 28.7 Å². The zero-order chi connectivity index (χ0) is 22.0. The van der Waals surface area contributed by atoms with E-state index in [1.54, 1.807) is 18.2 Å². The number of nitrogens with one attached hydrogen (secondary N) is 2. The number of anilines is 1. The number of hydrogen-bond donors (Lipinski definition) is 2. The maximum atomic E-state index is 14.1. The summed E-state index contributed by atoms with van der Waals surface area (Å²) in [7, 11) is 0. The molecule has 0 radical (unpaired) electrons. The molecule has 11 heteroatoms. The molecule has 0 aliphatic carbocycles. The van der Waals surface area contributed by atoms with Crippen molar-refractivity contribution in [1.82, 2.24) is 24.9 Å². The predicted octanol–water partition coefficient (Wildman–Crippen LogP) is 2.76. The number of rotatable bonds is 7. The van der Waals surface area contributed by atoms with Gasteiger partial charge in [-0.1, -0.05) is 18.2 Å². The zero-order valence-electron chi connectivity index (χ0n) is 16.2. The van der Waals surface area contributed by atoms with Gasteiger partial charge in [0.15, 0.2) is 29.0 Å². The Hall–Kier alpha value is -4.15. The van der Waals surface area contributed by atoms with E-state index in [1.807, 2.05) is 0 Å². The highest BCUT2D eigenvalue weighted by molar-refractivity contribution is 5.93. The van der Waals surface area contributed by atoms with Gasteiger partial charge in [-0.2, -0.15) is 10.3 Å². The van der Waals surface area contributed by atoms with Gasteiger partial charge in [-0.05, 0) is 12.1 Å². The van der Waals surface area contributed by atoms with Crippen molar-refractivity contribution in [1.29, 1.82) is 0 Å². The molecule has 2 N–H and O–H groups in total. The number of ketones is 1. The van der Waals surface area contributed by atoms with Crippen LogP contribution in [0.25, 0.3) is 11.5 Å². The Morgan fingerprint density at radius 1 is 1.23 bits per heavy atom. The summed E-state index contributed by atoms with van der Waals surface area (Å²) in [6.07, 6.45) is 0.960. The highest BCUT2D eigenvalue weighted by Crippen LogP contribution is 2.21. The molecule has 3 aromatic heterocycles. The summed E-state index contributed by atoms with van der Waals surface area (Å²) in [6.45, 7) is 1.40. The molecule has 0 atom stereocenters. The lowest BCUT2D eigenvalue weighted by Gasteiger charge is -2.06. The number of aromatic amines is 1. The minimum Gasteiger partial charge on any atom is -0.382 e. The first-order valence-electron chi connectivity index (χ1n) is 9.17. The third-order valence-electron chi connectivity index (χ3n) is 4.40. The van der Waals surface area contributed by atoms with E-state index >= 15 is 0 Å². The van der Waals surface area contributed by atoms with Crippen LogP contribution in [0.2, 0.25) is 0 Å². The number of benzene rings is 1. The fourth-order valence-corrected chi connectivity index (χ4v) is 2.91. The predicted molar refractivity (Wildman–Crippen MR) is 105 cm³/mol. The summed E-state index contributed by atoms with van der Waals surface area (Å²) in [5.74, 6) is -1.24. The molecule has 9 nitrogen and oxygen atoms in total. The van der Waals surface area contributed by atoms with Crippen LogP contribution in [0.4, 0.5) is 14.6 Å². The molecule has 0 bridgehead atoms. The summed E-state index contributed by atoms with van der Waals surface area (Å²) >= 11 is 0. The van der Waals surface area contributed by atoms with Crippen LogP contribution in [0.5, 0.6) is 0 Å². The van der Waals surface area contributed by atoms with Crippen molar-refractivity contribution in [3.8, 4) is 11.5 Å². The Morgan fingerprint density at radius 3 is 2.74 bits per heavy atom. The monoisotopic (exact) mass is 426 g/mol. The smallest absolute Gasteiger partial charge is 0.280 e. The molecule has 0 amide bonds. The lowest BCUT2D eigenvalue weighted by molar-refractivity contribution is 0.100. The van der Waals surface area contributed by atoms with Crippen molar-refractivity contribution < 1.29 is 18.1 Å². The molecule has 0 saturated heterocycles. The fourth-order valence-electron chi connectivity index (χ4n) is 2.91. The fraction of sp³-hybridized carbons (Fsp3) is 0.150. The van der Waals surface area contributed by atoms with Gasteiger partial charge in [0.25, 0.3) is 5.56 Å². The summed E-state index contributed by atoms with van der Waals surface area (Å²) in [5, 5.41) is 9.17. The van der Waals surface area contributed by atoms with Gasteiger partial charge in [-0.3, -0.25) is 14.3 Å². The van der Waals surface area contributed by atoms with Gasteiger partial charge in [0.1, 0.15) is 17.2 Å². The topological polar surface area (TPSA) is 119 Å². The van der Waals surface area contributed by atoms with E-state index in [2.05, 4.69) is 25.5 Å². The Kier molecular flexibility index (Phi) is 5.39. The Balaban J connectivity index is 1.63. The second-order valence-corrected chi connectivity index (χ2v) is 6.64. The van der Waals surface area contributed by atoms with Crippen LogP contribution in [-0.4, -0.2) is 30.7 Å². The van der Waals surface area contributed by atoms with Crippen LogP contribution in [-0.2, 0) is 13.1 Å². The van der Waals surface area contributed by atoms with E-state index < -0.39 is 17.2 Å². The van der Waals surface area contributed by atoms with Crippen molar-refractivity contribution in [3.05, 3.63) is 81.6 Å². The van der Waals surface area contributed by atoms with Crippen LogP contribution in [0.3, 0.4) is 0 Å². The first-order chi connectivity index (χ1) is 14.9. The SMILES string of the molecule is CC(=O)c1cc(-c2ncc(F)c(NCc3cc(=O)[nH]o3)n2)nn1Cc1ccccc1F. The van der Waals surface area contributed by atoms with Gasteiger partial charge in [-0.25, -0.2) is 18.7 Å². The van der Waals surface area contributed by atoms with Crippen molar-refractivity contribution in [2.75, 3.05) is 5.32 Å². The number of carbonyl (C=O) groups excluding carboxylic acids is 1.